The molecule has 1 amide bonds. The van der Waals surface area contributed by atoms with Crippen molar-refractivity contribution >= 4 is 11.7 Å². The van der Waals surface area contributed by atoms with Crippen LogP contribution in [0.5, 0.6) is 0 Å². The molecule has 0 saturated carbocycles. The lowest BCUT2D eigenvalue weighted by Gasteiger charge is -2.21. The molecule has 1 aliphatic rings. The van der Waals surface area contributed by atoms with E-state index < -0.39 is 12.2 Å². The largest absolute Gasteiger partial charge is 0.330 e. The van der Waals surface area contributed by atoms with Crippen LogP contribution in [-0.2, 0) is 9.59 Å². The standard InChI is InChI=1S/C9H14FNO2.C2H6/c1-3-9(13)11-5-7(10)4-8(11)6(2)12;1-2/h7-8H,3-5H2,1-2H3;1-2H3. The number of carbonyl (C=O) groups excluding carboxylic acids is 2. The normalized spacial score (nSPS) is 24.5. The predicted molar refractivity (Wildman–Crippen MR) is 57.3 cm³/mol. The lowest BCUT2D eigenvalue weighted by Crippen LogP contribution is -2.39. The Morgan fingerprint density at radius 1 is 1.40 bits per heavy atom. The highest BCUT2D eigenvalue weighted by molar-refractivity contribution is 5.88. The van der Waals surface area contributed by atoms with E-state index in [2.05, 4.69) is 0 Å². The SMILES string of the molecule is CC.CCC(=O)N1CC(F)CC1C(C)=O. The maximum atomic E-state index is 12.9. The summed E-state index contributed by atoms with van der Waals surface area (Å²) in [7, 11) is 0. The molecule has 1 heterocycles. The van der Waals surface area contributed by atoms with Crippen LogP contribution in [0.3, 0.4) is 0 Å². The first-order chi connectivity index (χ1) is 7.06. The lowest BCUT2D eigenvalue weighted by molar-refractivity contribution is -0.136. The van der Waals surface area contributed by atoms with Gasteiger partial charge in [0.05, 0.1) is 12.6 Å². The summed E-state index contributed by atoms with van der Waals surface area (Å²) >= 11 is 0. The van der Waals surface area contributed by atoms with Crippen molar-refractivity contribution in [2.24, 2.45) is 0 Å². The van der Waals surface area contributed by atoms with Crippen molar-refractivity contribution in [3.05, 3.63) is 0 Å². The van der Waals surface area contributed by atoms with E-state index in [9.17, 15) is 14.0 Å². The third-order valence-corrected chi connectivity index (χ3v) is 2.34. The Morgan fingerprint density at radius 3 is 2.33 bits per heavy atom. The highest BCUT2D eigenvalue weighted by atomic mass is 19.1. The average Bonchev–Trinajstić information content (AvgIpc) is 2.62. The van der Waals surface area contributed by atoms with Gasteiger partial charge in [-0.15, -0.1) is 0 Å². The van der Waals surface area contributed by atoms with Gasteiger partial charge in [0.1, 0.15) is 6.17 Å². The number of Topliss-reactive ketones (excluding diaryl/α,β-unsaturated/α-hetero) is 1. The fourth-order valence-electron chi connectivity index (χ4n) is 1.65. The van der Waals surface area contributed by atoms with Gasteiger partial charge in [0.2, 0.25) is 5.91 Å². The Kier molecular flexibility index (Phi) is 6.13. The van der Waals surface area contributed by atoms with Crippen LogP contribution in [0.25, 0.3) is 0 Å². The molecule has 1 aliphatic heterocycles. The number of rotatable bonds is 2. The van der Waals surface area contributed by atoms with E-state index in [-0.39, 0.29) is 24.7 Å². The molecule has 1 fully saturated rings. The monoisotopic (exact) mass is 217 g/mol. The zero-order chi connectivity index (χ0) is 12.0. The van der Waals surface area contributed by atoms with Gasteiger partial charge in [-0.1, -0.05) is 20.8 Å². The summed E-state index contributed by atoms with van der Waals surface area (Å²) < 4.78 is 12.9. The Labute approximate surface area is 90.6 Å². The summed E-state index contributed by atoms with van der Waals surface area (Å²) in [5, 5.41) is 0. The van der Waals surface area contributed by atoms with Crippen LogP contribution in [-0.4, -0.2) is 35.3 Å². The van der Waals surface area contributed by atoms with E-state index in [1.54, 1.807) is 6.92 Å². The number of carbonyl (C=O) groups is 2. The third kappa shape index (κ3) is 3.61. The van der Waals surface area contributed by atoms with Crippen LogP contribution < -0.4 is 0 Å². The minimum absolute atomic E-state index is 0.0803. The van der Waals surface area contributed by atoms with E-state index in [0.717, 1.165) is 0 Å². The van der Waals surface area contributed by atoms with Crippen LogP contribution in [0, 0.1) is 0 Å². The topological polar surface area (TPSA) is 37.4 Å². The first kappa shape index (κ1) is 14.1. The molecular formula is C11H20FNO2. The van der Waals surface area contributed by atoms with Crippen molar-refractivity contribution in [1.82, 2.24) is 4.90 Å². The molecule has 0 N–H and O–H groups in total. The van der Waals surface area contributed by atoms with Gasteiger partial charge < -0.3 is 4.90 Å². The van der Waals surface area contributed by atoms with Gasteiger partial charge in [0.25, 0.3) is 0 Å². The van der Waals surface area contributed by atoms with E-state index in [1.807, 2.05) is 13.8 Å². The quantitative estimate of drug-likeness (QED) is 0.709. The number of hydrogen-bond acceptors (Lipinski definition) is 2. The van der Waals surface area contributed by atoms with Crippen molar-refractivity contribution in [2.45, 2.75) is 52.8 Å². The predicted octanol–water partition coefficient (Wildman–Crippen LogP) is 1.95. The second-order valence-corrected chi connectivity index (χ2v) is 3.36. The van der Waals surface area contributed by atoms with Crippen LogP contribution in [0.15, 0.2) is 0 Å². The van der Waals surface area contributed by atoms with Gasteiger partial charge in [-0.3, -0.25) is 9.59 Å². The fraction of sp³-hybridized carbons (Fsp3) is 0.818. The van der Waals surface area contributed by atoms with Crippen molar-refractivity contribution in [3.63, 3.8) is 0 Å². The minimum atomic E-state index is -1.04. The number of amides is 1. The van der Waals surface area contributed by atoms with Crippen LogP contribution in [0.4, 0.5) is 4.39 Å². The number of nitrogens with zero attached hydrogens (tertiary/aromatic N) is 1. The molecule has 3 nitrogen and oxygen atoms in total. The van der Waals surface area contributed by atoms with Gasteiger partial charge in [-0.2, -0.15) is 0 Å². The van der Waals surface area contributed by atoms with E-state index >= 15 is 0 Å². The average molecular weight is 217 g/mol. The van der Waals surface area contributed by atoms with Crippen LogP contribution >= 0.6 is 0 Å². The van der Waals surface area contributed by atoms with E-state index in [0.29, 0.717) is 6.42 Å². The number of ketones is 1. The molecule has 0 aromatic carbocycles. The molecule has 4 heteroatoms. The Hall–Kier alpha value is -0.930. The van der Waals surface area contributed by atoms with E-state index in [1.165, 1.54) is 11.8 Å². The minimum Gasteiger partial charge on any atom is -0.330 e. The second kappa shape index (κ2) is 6.53. The van der Waals surface area contributed by atoms with Crippen molar-refractivity contribution in [2.75, 3.05) is 6.54 Å². The van der Waals surface area contributed by atoms with Crippen molar-refractivity contribution in [1.29, 1.82) is 0 Å². The zero-order valence-electron chi connectivity index (χ0n) is 9.92. The number of hydrogen-bond donors (Lipinski definition) is 0. The van der Waals surface area contributed by atoms with Crippen LogP contribution in [0.1, 0.15) is 40.5 Å². The molecule has 1 saturated heterocycles. The van der Waals surface area contributed by atoms with Crippen molar-refractivity contribution in [3.8, 4) is 0 Å². The molecule has 0 aromatic heterocycles. The Balaban J connectivity index is 0.000000921. The first-order valence-corrected chi connectivity index (χ1v) is 5.50. The maximum Gasteiger partial charge on any atom is 0.223 e. The molecule has 88 valence electrons. The van der Waals surface area contributed by atoms with Crippen molar-refractivity contribution < 1.29 is 14.0 Å². The van der Waals surface area contributed by atoms with E-state index in [4.69, 9.17) is 0 Å². The molecule has 0 radical (unpaired) electrons. The highest BCUT2D eigenvalue weighted by Gasteiger charge is 2.36. The summed E-state index contributed by atoms with van der Waals surface area (Å²) in [6, 6.07) is -0.526. The smallest absolute Gasteiger partial charge is 0.223 e. The third-order valence-electron chi connectivity index (χ3n) is 2.34. The lowest BCUT2D eigenvalue weighted by atomic mass is 10.1. The molecule has 15 heavy (non-hydrogen) atoms. The van der Waals surface area contributed by atoms with Gasteiger partial charge in [-0.25, -0.2) is 4.39 Å². The molecule has 0 aromatic rings. The number of alkyl halides is 1. The molecular weight excluding hydrogens is 197 g/mol. The van der Waals surface area contributed by atoms with Crippen LogP contribution in [0.2, 0.25) is 0 Å². The van der Waals surface area contributed by atoms with Gasteiger partial charge in [0.15, 0.2) is 5.78 Å². The summed E-state index contributed by atoms with van der Waals surface area (Å²) in [5.41, 5.74) is 0. The second-order valence-electron chi connectivity index (χ2n) is 3.36. The zero-order valence-corrected chi connectivity index (χ0v) is 9.92. The fourth-order valence-corrected chi connectivity index (χ4v) is 1.65. The molecule has 0 spiro atoms. The maximum absolute atomic E-state index is 12.9. The van der Waals surface area contributed by atoms with Gasteiger partial charge in [0, 0.05) is 12.8 Å². The van der Waals surface area contributed by atoms with Gasteiger partial charge in [-0.05, 0) is 6.92 Å². The molecule has 2 atom stereocenters. The number of likely N-dealkylation sites (tertiary alicyclic amines) is 1. The summed E-state index contributed by atoms with van der Waals surface area (Å²) in [6.07, 6.45) is -0.540. The number of halogens is 1. The summed E-state index contributed by atoms with van der Waals surface area (Å²) in [6.45, 7) is 7.20. The Bertz CT molecular complexity index is 231. The van der Waals surface area contributed by atoms with Gasteiger partial charge >= 0.3 is 0 Å². The molecule has 0 aliphatic carbocycles. The molecule has 0 bridgehead atoms. The molecule has 2 unspecified atom stereocenters. The Morgan fingerprint density at radius 2 is 1.93 bits per heavy atom. The first-order valence-electron chi connectivity index (χ1n) is 5.50. The summed E-state index contributed by atoms with van der Waals surface area (Å²) in [5.74, 6) is -0.262. The summed E-state index contributed by atoms with van der Waals surface area (Å²) in [4.78, 5) is 23.7. The molecule has 1 rings (SSSR count). The highest BCUT2D eigenvalue weighted by Crippen LogP contribution is 2.21.